The summed E-state index contributed by atoms with van der Waals surface area (Å²) in [5.41, 5.74) is 5.15. The third kappa shape index (κ3) is 8.42. The number of nitrogens with one attached hydrogen (secondary N) is 5. The number of nitrogens with zero attached hydrogens (tertiary/aromatic N) is 3. The van der Waals surface area contributed by atoms with Crippen LogP contribution in [-0.4, -0.2) is 81.7 Å². The molecule has 2 fully saturated rings. The number of hydrogen-bond acceptors (Lipinski definition) is 8. The number of benzene rings is 2. The molecule has 6 rings (SSSR count). The molecular formula is C40H50N8O6. The maximum atomic E-state index is 13.5. The van der Waals surface area contributed by atoms with Crippen molar-refractivity contribution in [1.82, 2.24) is 40.8 Å². The molecule has 2 aliphatic rings. The molecule has 4 amide bonds. The molecule has 5 N–H and O–H groups in total. The van der Waals surface area contributed by atoms with Crippen molar-refractivity contribution >= 4 is 24.0 Å². The molecule has 3 heterocycles. The third-order valence-corrected chi connectivity index (χ3v) is 10.2. The van der Waals surface area contributed by atoms with E-state index in [2.05, 4.69) is 60.2 Å². The molecule has 1 saturated heterocycles. The van der Waals surface area contributed by atoms with Crippen molar-refractivity contribution in [3.8, 4) is 33.6 Å². The van der Waals surface area contributed by atoms with Crippen LogP contribution < -0.4 is 16.0 Å². The number of aromatic amines is 2. The van der Waals surface area contributed by atoms with Gasteiger partial charge >= 0.3 is 12.2 Å². The maximum Gasteiger partial charge on any atom is 0.407 e. The molecule has 286 valence electrons. The Labute approximate surface area is 315 Å². The Balaban J connectivity index is 1.09. The summed E-state index contributed by atoms with van der Waals surface area (Å²) in [6, 6.07) is 14.8. The van der Waals surface area contributed by atoms with Crippen LogP contribution in [0.4, 0.5) is 9.59 Å². The number of imidazole rings is 2. The number of H-pyrrole nitrogens is 2. The van der Waals surface area contributed by atoms with Crippen molar-refractivity contribution in [2.24, 2.45) is 11.8 Å². The highest BCUT2D eigenvalue weighted by Gasteiger charge is 2.49. The van der Waals surface area contributed by atoms with Crippen molar-refractivity contribution < 1.29 is 28.7 Å². The van der Waals surface area contributed by atoms with Crippen molar-refractivity contribution in [2.75, 3.05) is 20.8 Å². The normalized spacial score (nSPS) is 17.2. The fourth-order valence-electron chi connectivity index (χ4n) is 7.01. The van der Waals surface area contributed by atoms with E-state index >= 15 is 0 Å². The van der Waals surface area contributed by atoms with E-state index in [1.807, 2.05) is 52.0 Å². The van der Waals surface area contributed by atoms with Gasteiger partial charge in [-0.3, -0.25) is 9.59 Å². The number of amides is 4. The Morgan fingerprint density at radius 2 is 1.37 bits per heavy atom. The van der Waals surface area contributed by atoms with Gasteiger partial charge in [0.1, 0.15) is 23.7 Å². The highest BCUT2D eigenvalue weighted by molar-refractivity contribution is 5.87. The zero-order valence-electron chi connectivity index (χ0n) is 31.7. The smallest absolute Gasteiger partial charge is 0.407 e. The van der Waals surface area contributed by atoms with Crippen molar-refractivity contribution in [3.63, 3.8) is 0 Å². The van der Waals surface area contributed by atoms with Crippen LogP contribution in [0.25, 0.3) is 33.6 Å². The first-order valence-electron chi connectivity index (χ1n) is 18.5. The zero-order valence-corrected chi connectivity index (χ0v) is 31.7. The summed E-state index contributed by atoms with van der Waals surface area (Å²) < 4.78 is 9.48. The standard InChI is InChI=1S/C40H50N8O6/c1-23(2)20-29(45-38(51)53-5)35(49)47-40(17-18-40)37-42-22-31(44-37)28-15-11-26(12-16-28)25-9-13-27(14-10-25)30-21-41-34(43-30)32-8-7-19-48(32)36(50)33(24(3)4)46-39(52)54-6/h9-16,21-24,29,32-33H,7-8,17-20H2,1-6H3,(H,41,43)(H,42,44)(H,45,51)(H,46,52)(H,47,49). The molecule has 1 aliphatic heterocycles. The molecule has 3 atom stereocenters. The predicted molar refractivity (Wildman–Crippen MR) is 203 cm³/mol. The molecule has 54 heavy (non-hydrogen) atoms. The molecule has 14 heteroatoms. The summed E-state index contributed by atoms with van der Waals surface area (Å²) in [6.07, 6.45) is 5.93. The molecular weight excluding hydrogens is 688 g/mol. The SMILES string of the molecule is COC(=O)NC(CC(C)C)C(=O)NC1(c2ncc(-c3ccc(-c4ccc(-c5cnc(C6CCCN6C(=O)C(NC(=O)OC)C(C)C)[nH]5)cc4)cc3)[nH]2)CC1. The van der Waals surface area contributed by atoms with Crippen LogP contribution in [0.5, 0.6) is 0 Å². The Hall–Kier alpha value is -5.66. The van der Waals surface area contributed by atoms with Gasteiger partial charge in [0, 0.05) is 6.54 Å². The van der Waals surface area contributed by atoms with Gasteiger partial charge in [-0.2, -0.15) is 0 Å². The lowest BCUT2D eigenvalue weighted by molar-refractivity contribution is -0.135. The first-order chi connectivity index (χ1) is 25.9. The van der Waals surface area contributed by atoms with Gasteiger partial charge in [-0.05, 0) is 66.2 Å². The van der Waals surface area contributed by atoms with Crippen LogP contribution in [0.1, 0.15) is 77.5 Å². The van der Waals surface area contributed by atoms with Gasteiger partial charge in [-0.25, -0.2) is 19.6 Å². The molecule has 0 radical (unpaired) electrons. The van der Waals surface area contributed by atoms with E-state index in [1.54, 1.807) is 17.3 Å². The number of rotatable bonds is 13. The van der Waals surface area contributed by atoms with Crippen LogP contribution >= 0.6 is 0 Å². The topological polar surface area (TPSA) is 183 Å². The van der Waals surface area contributed by atoms with Gasteiger partial charge in [-0.15, -0.1) is 0 Å². The van der Waals surface area contributed by atoms with Crippen LogP contribution in [0.3, 0.4) is 0 Å². The lowest BCUT2D eigenvalue weighted by atomic mass is 10.0. The molecule has 2 aromatic heterocycles. The average molecular weight is 739 g/mol. The molecule has 3 unspecified atom stereocenters. The summed E-state index contributed by atoms with van der Waals surface area (Å²) in [4.78, 5) is 68.5. The fourth-order valence-corrected chi connectivity index (χ4v) is 7.01. The monoisotopic (exact) mass is 738 g/mol. The highest BCUT2D eigenvalue weighted by Crippen LogP contribution is 2.44. The Morgan fingerprint density at radius 1 is 0.815 bits per heavy atom. The van der Waals surface area contributed by atoms with Crippen LogP contribution in [-0.2, 0) is 24.6 Å². The Bertz CT molecular complexity index is 1950. The average Bonchev–Trinajstić information content (AvgIpc) is 3.57. The lowest BCUT2D eigenvalue weighted by Gasteiger charge is -2.30. The molecule has 4 aromatic rings. The number of carbonyl (C=O) groups excluding carboxylic acids is 4. The van der Waals surface area contributed by atoms with Gasteiger partial charge in [0.05, 0.1) is 49.6 Å². The van der Waals surface area contributed by atoms with E-state index in [-0.39, 0.29) is 29.7 Å². The van der Waals surface area contributed by atoms with Crippen molar-refractivity contribution in [3.05, 3.63) is 72.6 Å². The number of aromatic nitrogens is 4. The highest BCUT2D eigenvalue weighted by atomic mass is 16.5. The van der Waals surface area contributed by atoms with Crippen molar-refractivity contribution in [2.45, 2.75) is 83.5 Å². The summed E-state index contributed by atoms with van der Waals surface area (Å²) in [6.45, 7) is 8.38. The number of alkyl carbamates (subject to hydrolysis) is 2. The first kappa shape index (κ1) is 38.1. The largest absolute Gasteiger partial charge is 0.453 e. The third-order valence-electron chi connectivity index (χ3n) is 10.2. The van der Waals surface area contributed by atoms with E-state index in [0.717, 1.165) is 65.1 Å². The van der Waals surface area contributed by atoms with E-state index in [4.69, 9.17) is 9.47 Å². The summed E-state index contributed by atoms with van der Waals surface area (Å²) in [7, 11) is 2.57. The minimum Gasteiger partial charge on any atom is -0.453 e. The van der Waals surface area contributed by atoms with E-state index in [9.17, 15) is 19.2 Å². The minimum absolute atomic E-state index is 0.105. The zero-order chi connectivity index (χ0) is 38.6. The summed E-state index contributed by atoms with van der Waals surface area (Å²) in [5.74, 6) is 1.11. The predicted octanol–water partition coefficient (Wildman–Crippen LogP) is 6.05. The number of hydrogen-bond donors (Lipinski definition) is 5. The van der Waals surface area contributed by atoms with Crippen LogP contribution in [0, 0.1) is 11.8 Å². The second-order valence-electron chi connectivity index (χ2n) is 14.9. The van der Waals surface area contributed by atoms with Gasteiger partial charge in [0.2, 0.25) is 11.8 Å². The number of likely N-dealkylation sites (tertiary alicyclic amines) is 1. The second kappa shape index (κ2) is 16.1. The molecule has 1 saturated carbocycles. The molecule has 1 aliphatic carbocycles. The van der Waals surface area contributed by atoms with Crippen molar-refractivity contribution in [1.29, 1.82) is 0 Å². The molecule has 0 bridgehead atoms. The summed E-state index contributed by atoms with van der Waals surface area (Å²) >= 11 is 0. The van der Waals surface area contributed by atoms with E-state index in [0.29, 0.717) is 18.8 Å². The van der Waals surface area contributed by atoms with E-state index < -0.39 is 29.8 Å². The molecule has 2 aromatic carbocycles. The lowest BCUT2D eigenvalue weighted by Crippen LogP contribution is -2.51. The Kier molecular flexibility index (Phi) is 11.4. The number of ether oxygens (including phenoxy) is 2. The molecule has 14 nitrogen and oxygen atoms in total. The summed E-state index contributed by atoms with van der Waals surface area (Å²) in [5, 5.41) is 8.47. The fraction of sp³-hybridized carbons (Fsp3) is 0.450. The maximum absolute atomic E-state index is 13.5. The number of methoxy groups -OCH3 is 2. The van der Waals surface area contributed by atoms with Gasteiger partial charge in [0.15, 0.2) is 0 Å². The Morgan fingerprint density at radius 3 is 1.93 bits per heavy atom. The van der Waals surface area contributed by atoms with Gasteiger partial charge in [0.25, 0.3) is 0 Å². The van der Waals surface area contributed by atoms with E-state index in [1.165, 1.54) is 14.2 Å². The van der Waals surface area contributed by atoms with Gasteiger partial charge < -0.3 is 40.3 Å². The quantitative estimate of drug-likeness (QED) is 0.110. The first-order valence-corrected chi connectivity index (χ1v) is 18.5. The number of carbonyl (C=O) groups is 4. The molecule has 0 spiro atoms. The van der Waals surface area contributed by atoms with Crippen LogP contribution in [0.15, 0.2) is 60.9 Å². The van der Waals surface area contributed by atoms with Crippen LogP contribution in [0.2, 0.25) is 0 Å². The minimum atomic E-state index is -0.704. The van der Waals surface area contributed by atoms with Gasteiger partial charge in [-0.1, -0.05) is 76.2 Å². The second-order valence-corrected chi connectivity index (χ2v) is 14.9.